The molecule has 2 aromatic rings. The monoisotopic (exact) mass is 420 g/mol. The van der Waals surface area contributed by atoms with Crippen LogP contribution in [0.2, 0.25) is 0 Å². The van der Waals surface area contributed by atoms with Gasteiger partial charge in [-0.1, -0.05) is 24.3 Å². The fourth-order valence-electron chi connectivity index (χ4n) is 3.93. The molecule has 4 rings (SSSR count). The van der Waals surface area contributed by atoms with Gasteiger partial charge >= 0.3 is 0 Å². The highest BCUT2D eigenvalue weighted by Gasteiger charge is 2.31. The van der Waals surface area contributed by atoms with Crippen molar-refractivity contribution >= 4 is 35.0 Å². The maximum Gasteiger partial charge on any atom is 0.247 e. The average Bonchev–Trinajstić information content (AvgIpc) is 2.69. The first-order valence-corrected chi connectivity index (χ1v) is 10.1. The molecule has 2 aliphatic heterocycles. The van der Waals surface area contributed by atoms with Crippen molar-refractivity contribution in [2.24, 2.45) is 0 Å². The molecule has 8 heteroatoms. The smallest absolute Gasteiger partial charge is 0.247 e. The third-order valence-corrected chi connectivity index (χ3v) is 5.42. The molecule has 0 bridgehead atoms. The maximum absolute atomic E-state index is 12.2. The molecule has 2 aromatic carbocycles. The lowest BCUT2D eigenvalue weighted by molar-refractivity contribution is -0.132. The van der Waals surface area contributed by atoms with Crippen molar-refractivity contribution in [2.45, 2.75) is 6.42 Å². The molecule has 0 N–H and O–H groups in total. The molecule has 0 spiro atoms. The first-order chi connectivity index (χ1) is 14.8. The lowest BCUT2D eigenvalue weighted by Crippen LogP contribution is -2.52. The normalized spacial score (nSPS) is 18.8. The first kappa shape index (κ1) is 20.9. The van der Waals surface area contributed by atoms with Crippen LogP contribution in [0.4, 0.5) is 11.4 Å². The van der Waals surface area contributed by atoms with Crippen LogP contribution in [0.3, 0.4) is 0 Å². The molecule has 2 saturated heterocycles. The zero-order valence-electron chi connectivity index (χ0n) is 17.6. The van der Waals surface area contributed by atoms with E-state index >= 15 is 0 Å². The van der Waals surface area contributed by atoms with Gasteiger partial charge in [0, 0.05) is 0 Å². The molecule has 0 radical (unpaired) electrons. The topological polar surface area (TPSA) is 81.2 Å². The van der Waals surface area contributed by atoms with E-state index in [0.29, 0.717) is 17.8 Å². The molecule has 0 saturated carbocycles. The number of piperazine rings is 2. The Hall–Kier alpha value is -3.36. The first-order valence-electron chi connectivity index (χ1n) is 10.1. The van der Waals surface area contributed by atoms with Gasteiger partial charge in [0.25, 0.3) is 0 Å². The number of hydrogen-bond donors (Lipinski definition) is 0. The van der Waals surface area contributed by atoms with Gasteiger partial charge in [0.1, 0.15) is 0 Å². The van der Waals surface area contributed by atoms with Gasteiger partial charge in [0.15, 0.2) is 0 Å². The van der Waals surface area contributed by atoms with Crippen LogP contribution in [0.1, 0.15) is 11.1 Å². The molecule has 8 nitrogen and oxygen atoms in total. The molecule has 0 aromatic heterocycles. The van der Waals surface area contributed by atoms with Crippen LogP contribution in [0.5, 0.6) is 0 Å². The molecule has 0 aliphatic carbocycles. The Morgan fingerprint density at radius 1 is 0.548 bits per heavy atom. The lowest BCUT2D eigenvalue weighted by Gasteiger charge is -2.30. The third-order valence-electron chi connectivity index (χ3n) is 5.42. The van der Waals surface area contributed by atoms with E-state index in [-0.39, 0.29) is 49.8 Å². The van der Waals surface area contributed by atoms with Gasteiger partial charge in [-0.25, -0.2) is 9.80 Å². The van der Waals surface area contributed by atoms with Gasteiger partial charge in [0.2, 0.25) is 23.6 Å². The zero-order valence-corrected chi connectivity index (χ0v) is 17.6. The number of rotatable bonds is 4. The SMILES string of the molecule is CN1CC(=O)N(c2ccc(Cc3ccc(N4C(=O)CN(C)CC4=O)cc3)cc2)C(=O)C1. The van der Waals surface area contributed by atoms with Gasteiger partial charge < -0.3 is 0 Å². The Morgan fingerprint density at radius 3 is 1.13 bits per heavy atom. The van der Waals surface area contributed by atoms with Crippen LogP contribution in [-0.2, 0) is 25.6 Å². The molecule has 2 aliphatic rings. The summed E-state index contributed by atoms with van der Waals surface area (Å²) in [5.41, 5.74) is 3.21. The minimum atomic E-state index is -0.227. The number of likely N-dealkylation sites (N-methyl/N-ethyl adjacent to an activating group) is 2. The Labute approximate surface area is 180 Å². The number of carbonyl (C=O) groups excluding carboxylic acids is 4. The maximum atomic E-state index is 12.2. The number of nitrogens with zero attached hydrogens (tertiary/aromatic N) is 4. The summed E-state index contributed by atoms with van der Waals surface area (Å²) in [6.45, 7) is 0.882. The van der Waals surface area contributed by atoms with Crippen molar-refractivity contribution in [1.29, 1.82) is 0 Å². The molecule has 4 amide bonds. The van der Waals surface area contributed by atoms with Crippen molar-refractivity contribution in [1.82, 2.24) is 9.80 Å². The standard InChI is InChI=1S/C23H24N4O4/c1-24-12-20(28)26(21(29)13-24)18-7-3-16(4-8-18)11-17-5-9-19(10-6-17)27-22(30)14-25(2)15-23(27)31/h3-10H,11-15H2,1-2H3. The van der Waals surface area contributed by atoms with Gasteiger partial charge in [-0.05, 0) is 55.9 Å². The van der Waals surface area contributed by atoms with E-state index in [0.717, 1.165) is 11.1 Å². The van der Waals surface area contributed by atoms with E-state index in [4.69, 9.17) is 0 Å². The summed E-state index contributed by atoms with van der Waals surface area (Å²) in [6, 6.07) is 14.7. The van der Waals surface area contributed by atoms with Crippen molar-refractivity contribution in [2.75, 3.05) is 50.1 Å². The summed E-state index contributed by atoms with van der Waals surface area (Å²) in [6.07, 6.45) is 0.649. The van der Waals surface area contributed by atoms with Crippen LogP contribution in [0.25, 0.3) is 0 Å². The molecule has 160 valence electrons. The van der Waals surface area contributed by atoms with Gasteiger partial charge in [-0.2, -0.15) is 0 Å². The van der Waals surface area contributed by atoms with Crippen molar-refractivity contribution in [3.8, 4) is 0 Å². The second kappa shape index (κ2) is 8.41. The molecule has 0 unspecified atom stereocenters. The van der Waals surface area contributed by atoms with Gasteiger partial charge in [0.05, 0.1) is 37.6 Å². The number of amides is 4. The fourth-order valence-corrected chi connectivity index (χ4v) is 3.93. The van der Waals surface area contributed by atoms with E-state index < -0.39 is 0 Å². The van der Waals surface area contributed by atoms with Crippen molar-refractivity contribution in [3.63, 3.8) is 0 Å². The predicted molar refractivity (Wildman–Crippen MR) is 116 cm³/mol. The largest absolute Gasteiger partial charge is 0.289 e. The molecule has 31 heavy (non-hydrogen) atoms. The summed E-state index contributed by atoms with van der Waals surface area (Å²) in [5, 5.41) is 0. The zero-order chi connectivity index (χ0) is 22.1. The second-order valence-corrected chi connectivity index (χ2v) is 8.10. The van der Waals surface area contributed by atoms with Crippen LogP contribution in [0, 0.1) is 0 Å². The summed E-state index contributed by atoms with van der Waals surface area (Å²) in [5.74, 6) is -0.907. The quantitative estimate of drug-likeness (QED) is 0.684. The number of anilines is 2. The van der Waals surface area contributed by atoms with Crippen LogP contribution >= 0.6 is 0 Å². The number of imide groups is 2. The molecular weight excluding hydrogens is 396 g/mol. The highest BCUT2D eigenvalue weighted by Crippen LogP contribution is 2.22. The van der Waals surface area contributed by atoms with Crippen LogP contribution in [0.15, 0.2) is 48.5 Å². The molecule has 2 heterocycles. The minimum absolute atomic E-state index is 0.220. The fraction of sp³-hybridized carbons (Fsp3) is 0.304. The number of benzene rings is 2. The number of hydrogen-bond acceptors (Lipinski definition) is 6. The lowest BCUT2D eigenvalue weighted by atomic mass is 10.0. The van der Waals surface area contributed by atoms with Gasteiger partial charge in [-0.3, -0.25) is 29.0 Å². The minimum Gasteiger partial charge on any atom is -0.289 e. The molecule has 2 fully saturated rings. The Morgan fingerprint density at radius 2 is 0.839 bits per heavy atom. The van der Waals surface area contributed by atoms with Gasteiger partial charge in [-0.15, -0.1) is 0 Å². The summed E-state index contributed by atoms with van der Waals surface area (Å²) < 4.78 is 0. The van der Waals surface area contributed by atoms with Crippen molar-refractivity contribution < 1.29 is 19.2 Å². The number of carbonyl (C=O) groups is 4. The highest BCUT2D eigenvalue weighted by atomic mass is 16.2. The van der Waals surface area contributed by atoms with Crippen LogP contribution in [-0.4, -0.2) is 73.7 Å². The molecular formula is C23H24N4O4. The van der Waals surface area contributed by atoms with E-state index in [2.05, 4.69) is 0 Å². The van der Waals surface area contributed by atoms with E-state index in [1.165, 1.54) is 9.80 Å². The van der Waals surface area contributed by atoms with E-state index in [1.807, 2.05) is 24.3 Å². The highest BCUT2D eigenvalue weighted by molar-refractivity contribution is 6.18. The third kappa shape index (κ3) is 4.40. The summed E-state index contributed by atoms with van der Waals surface area (Å²) >= 11 is 0. The van der Waals surface area contributed by atoms with Crippen LogP contribution < -0.4 is 9.80 Å². The second-order valence-electron chi connectivity index (χ2n) is 8.10. The average molecular weight is 420 g/mol. The summed E-state index contributed by atoms with van der Waals surface area (Å²) in [4.78, 5) is 54.8. The Balaban J connectivity index is 1.44. The molecule has 0 atom stereocenters. The van der Waals surface area contributed by atoms with E-state index in [9.17, 15) is 19.2 Å². The van der Waals surface area contributed by atoms with Crippen molar-refractivity contribution in [3.05, 3.63) is 59.7 Å². The van der Waals surface area contributed by atoms with E-state index in [1.54, 1.807) is 48.2 Å². The summed E-state index contributed by atoms with van der Waals surface area (Å²) in [7, 11) is 3.49. The Kier molecular flexibility index (Phi) is 5.67. The predicted octanol–water partition coefficient (Wildman–Crippen LogP) is 0.887. The Bertz CT molecular complexity index is 913.